The molecule has 0 spiro atoms. The van der Waals surface area contributed by atoms with Gasteiger partial charge in [-0.25, -0.2) is 0 Å². The second kappa shape index (κ2) is 5.09. The van der Waals surface area contributed by atoms with Crippen molar-refractivity contribution in [2.75, 3.05) is 25.1 Å². The van der Waals surface area contributed by atoms with E-state index in [1.165, 1.54) is 0 Å². The van der Waals surface area contributed by atoms with Gasteiger partial charge in [-0.2, -0.15) is 0 Å². The number of ether oxygens (including phenoxy) is 1. The van der Waals surface area contributed by atoms with Crippen LogP contribution < -0.4 is 15.4 Å². The number of carboxylic acids is 1. The first-order valence-electron chi connectivity index (χ1n) is 6.38. The highest BCUT2D eigenvalue weighted by Gasteiger charge is 2.39. The van der Waals surface area contributed by atoms with Gasteiger partial charge in [0.1, 0.15) is 11.3 Å². The number of hydrogen-bond donors (Lipinski definition) is 2. The van der Waals surface area contributed by atoms with Crippen molar-refractivity contribution in [1.29, 1.82) is 0 Å². The summed E-state index contributed by atoms with van der Waals surface area (Å²) >= 11 is 0. The van der Waals surface area contributed by atoms with Crippen LogP contribution in [0.5, 0.6) is 5.75 Å². The van der Waals surface area contributed by atoms with Crippen LogP contribution in [-0.4, -0.2) is 36.8 Å². The molecule has 1 aliphatic rings. The van der Waals surface area contributed by atoms with Crippen LogP contribution in [0, 0.1) is 6.92 Å². The van der Waals surface area contributed by atoms with Crippen molar-refractivity contribution in [1.82, 2.24) is 0 Å². The van der Waals surface area contributed by atoms with Gasteiger partial charge in [0, 0.05) is 13.1 Å². The lowest BCUT2D eigenvalue weighted by Gasteiger charge is -2.39. The SMILES string of the molecule is COc1ccc(C)cc1N1CCCC(N)(C(=O)O)C1. The Balaban J connectivity index is 2.31. The largest absolute Gasteiger partial charge is 0.495 e. The number of nitrogens with two attached hydrogens (primary N) is 1. The Hall–Kier alpha value is -1.75. The van der Waals surface area contributed by atoms with Crippen LogP contribution in [0.2, 0.25) is 0 Å². The average molecular weight is 264 g/mol. The standard InChI is InChI=1S/C14H20N2O3/c1-10-4-5-12(19-2)11(8-10)16-7-3-6-14(15,9-16)13(17)18/h4-5,8H,3,6-7,9,15H2,1-2H3,(H,17,18). The van der Waals surface area contributed by atoms with Gasteiger partial charge in [-0.15, -0.1) is 0 Å². The molecule has 0 aromatic heterocycles. The van der Waals surface area contributed by atoms with E-state index < -0.39 is 11.5 Å². The molecule has 0 amide bonds. The predicted molar refractivity (Wildman–Crippen MR) is 73.7 cm³/mol. The number of anilines is 1. The minimum atomic E-state index is -1.17. The van der Waals surface area contributed by atoms with Crippen molar-refractivity contribution in [3.8, 4) is 5.75 Å². The van der Waals surface area contributed by atoms with Gasteiger partial charge < -0.3 is 20.5 Å². The summed E-state index contributed by atoms with van der Waals surface area (Å²) in [4.78, 5) is 13.3. The number of aliphatic carboxylic acids is 1. The maximum Gasteiger partial charge on any atom is 0.325 e. The maximum absolute atomic E-state index is 11.3. The lowest BCUT2D eigenvalue weighted by molar-refractivity contribution is -0.143. The number of aryl methyl sites for hydroxylation is 1. The first kappa shape index (κ1) is 13.7. The zero-order valence-electron chi connectivity index (χ0n) is 11.3. The Morgan fingerprint density at radius 3 is 2.89 bits per heavy atom. The fourth-order valence-corrected chi connectivity index (χ4v) is 2.51. The lowest BCUT2D eigenvalue weighted by atomic mass is 9.90. The summed E-state index contributed by atoms with van der Waals surface area (Å²) in [6, 6.07) is 5.88. The number of rotatable bonds is 3. The molecule has 104 valence electrons. The molecule has 1 atom stereocenters. The highest BCUT2D eigenvalue weighted by molar-refractivity contribution is 5.80. The van der Waals surface area contributed by atoms with Crippen molar-refractivity contribution >= 4 is 11.7 Å². The first-order valence-corrected chi connectivity index (χ1v) is 6.38. The van der Waals surface area contributed by atoms with Crippen molar-refractivity contribution < 1.29 is 14.6 Å². The number of methoxy groups -OCH3 is 1. The van der Waals surface area contributed by atoms with Gasteiger partial charge >= 0.3 is 5.97 Å². The molecule has 0 saturated carbocycles. The second-order valence-corrected chi connectivity index (χ2v) is 5.16. The predicted octanol–water partition coefficient (Wildman–Crippen LogP) is 1.39. The smallest absolute Gasteiger partial charge is 0.325 e. The van der Waals surface area contributed by atoms with Crippen LogP contribution in [0.1, 0.15) is 18.4 Å². The van der Waals surface area contributed by atoms with E-state index in [1.54, 1.807) is 7.11 Å². The molecule has 2 rings (SSSR count). The molecule has 1 aromatic rings. The Morgan fingerprint density at radius 2 is 2.26 bits per heavy atom. The third-order valence-corrected chi connectivity index (χ3v) is 3.62. The normalized spacial score (nSPS) is 23.2. The first-order chi connectivity index (χ1) is 8.96. The topological polar surface area (TPSA) is 75.8 Å². The molecule has 0 bridgehead atoms. The molecule has 5 heteroatoms. The molecule has 1 fully saturated rings. The summed E-state index contributed by atoms with van der Waals surface area (Å²) in [7, 11) is 1.62. The van der Waals surface area contributed by atoms with Crippen LogP contribution in [0.4, 0.5) is 5.69 Å². The second-order valence-electron chi connectivity index (χ2n) is 5.16. The minimum absolute atomic E-state index is 0.308. The molecule has 19 heavy (non-hydrogen) atoms. The van der Waals surface area contributed by atoms with E-state index in [-0.39, 0.29) is 0 Å². The van der Waals surface area contributed by atoms with Crippen LogP contribution in [0.15, 0.2) is 18.2 Å². The molecular weight excluding hydrogens is 244 g/mol. The fourth-order valence-electron chi connectivity index (χ4n) is 2.51. The highest BCUT2D eigenvalue weighted by Crippen LogP contribution is 2.33. The van der Waals surface area contributed by atoms with Gasteiger partial charge in [0.25, 0.3) is 0 Å². The number of piperidine rings is 1. The summed E-state index contributed by atoms with van der Waals surface area (Å²) in [6.45, 7) is 3.11. The summed E-state index contributed by atoms with van der Waals surface area (Å²) in [5.74, 6) is -0.191. The lowest BCUT2D eigenvalue weighted by Crippen LogP contribution is -2.59. The summed E-state index contributed by atoms with van der Waals surface area (Å²) in [5.41, 5.74) is 6.83. The monoisotopic (exact) mass is 264 g/mol. The molecule has 0 aliphatic carbocycles. The minimum Gasteiger partial charge on any atom is -0.495 e. The number of nitrogens with zero attached hydrogens (tertiary/aromatic N) is 1. The van der Waals surface area contributed by atoms with Crippen molar-refractivity contribution in [3.63, 3.8) is 0 Å². The van der Waals surface area contributed by atoms with Gasteiger partial charge in [0.2, 0.25) is 0 Å². The molecule has 1 unspecified atom stereocenters. The van der Waals surface area contributed by atoms with Crippen molar-refractivity contribution in [2.24, 2.45) is 5.73 Å². The Labute approximate surface area is 113 Å². The van der Waals surface area contributed by atoms with Crippen LogP contribution in [0.3, 0.4) is 0 Å². The quantitative estimate of drug-likeness (QED) is 0.862. The van der Waals surface area contributed by atoms with Crippen molar-refractivity contribution in [2.45, 2.75) is 25.3 Å². The highest BCUT2D eigenvalue weighted by atomic mass is 16.5. The van der Waals surface area contributed by atoms with E-state index in [9.17, 15) is 9.90 Å². The Morgan fingerprint density at radius 1 is 1.53 bits per heavy atom. The molecule has 1 aliphatic heterocycles. The Bertz CT molecular complexity index is 490. The van der Waals surface area contributed by atoms with Crippen LogP contribution >= 0.6 is 0 Å². The molecule has 0 radical (unpaired) electrons. The van der Waals surface area contributed by atoms with Gasteiger partial charge in [0.15, 0.2) is 0 Å². The van der Waals surface area contributed by atoms with Gasteiger partial charge in [-0.05, 0) is 37.5 Å². The van der Waals surface area contributed by atoms with E-state index in [2.05, 4.69) is 0 Å². The Kier molecular flexibility index (Phi) is 3.66. The van der Waals surface area contributed by atoms with Crippen molar-refractivity contribution in [3.05, 3.63) is 23.8 Å². The molecule has 1 aromatic carbocycles. The van der Waals surface area contributed by atoms with Gasteiger partial charge in [-0.1, -0.05) is 6.07 Å². The molecule has 1 heterocycles. The van der Waals surface area contributed by atoms with Crippen LogP contribution in [-0.2, 0) is 4.79 Å². The zero-order valence-corrected chi connectivity index (χ0v) is 11.3. The van der Waals surface area contributed by atoms with E-state index >= 15 is 0 Å². The molecule has 3 N–H and O–H groups in total. The van der Waals surface area contributed by atoms with E-state index in [0.29, 0.717) is 13.0 Å². The fraction of sp³-hybridized carbons (Fsp3) is 0.500. The van der Waals surface area contributed by atoms with Gasteiger partial charge in [-0.3, -0.25) is 4.79 Å². The van der Waals surface area contributed by atoms with Crippen LogP contribution in [0.25, 0.3) is 0 Å². The number of carbonyl (C=O) groups is 1. The summed E-state index contributed by atoms with van der Waals surface area (Å²) < 4.78 is 5.35. The average Bonchev–Trinajstić information content (AvgIpc) is 2.38. The third-order valence-electron chi connectivity index (χ3n) is 3.62. The number of benzene rings is 1. The zero-order chi connectivity index (χ0) is 14.0. The van der Waals surface area contributed by atoms with E-state index in [4.69, 9.17) is 10.5 Å². The third kappa shape index (κ3) is 2.66. The molecule has 1 saturated heterocycles. The molecular formula is C14H20N2O3. The number of carboxylic acid groups (broad SMARTS) is 1. The molecule has 5 nitrogen and oxygen atoms in total. The van der Waals surface area contributed by atoms with Gasteiger partial charge in [0.05, 0.1) is 12.8 Å². The summed E-state index contributed by atoms with van der Waals surface area (Å²) in [5, 5.41) is 9.26. The summed E-state index contributed by atoms with van der Waals surface area (Å²) in [6.07, 6.45) is 1.27. The number of hydrogen-bond acceptors (Lipinski definition) is 4. The van der Waals surface area contributed by atoms with E-state index in [1.807, 2.05) is 30.0 Å². The maximum atomic E-state index is 11.3. The van der Waals surface area contributed by atoms with E-state index in [0.717, 1.165) is 30.0 Å².